The van der Waals surface area contributed by atoms with Crippen LogP contribution in [0.25, 0.3) is 0 Å². The molecule has 0 amide bonds. The van der Waals surface area contributed by atoms with Crippen LogP contribution in [0.5, 0.6) is 0 Å². The highest BCUT2D eigenvalue weighted by molar-refractivity contribution is 4.97. The number of hydrogen-bond acceptors (Lipinski definition) is 1. The van der Waals surface area contributed by atoms with E-state index in [1.807, 2.05) is 6.08 Å². The molecule has 1 heteroatoms. The molecule has 0 heterocycles. The standard InChI is InChI=1S/C8H16O/c1-3-4-5-8(2)6-7-9/h6,9H,3-5,7H2,1-2H3/b8-6-. The molecule has 9 heavy (non-hydrogen) atoms. The van der Waals surface area contributed by atoms with Crippen LogP contribution in [0.3, 0.4) is 0 Å². The van der Waals surface area contributed by atoms with Gasteiger partial charge in [-0.2, -0.15) is 0 Å². The summed E-state index contributed by atoms with van der Waals surface area (Å²) in [5, 5.41) is 8.46. The second-order valence-electron chi connectivity index (χ2n) is 2.34. The topological polar surface area (TPSA) is 20.2 Å². The van der Waals surface area contributed by atoms with Crippen LogP contribution in [0, 0.1) is 0 Å². The maximum Gasteiger partial charge on any atom is 0.0614 e. The van der Waals surface area contributed by atoms with Gasteiger partial charge in [0.25, 0.3) is 0 Å². The van der Waals surface area contributed by atoms with Crippen LogP contribution in [-0.4, -0.2) is 11.7 Å². The van der Waals surface area contributed by atoms with E-state index >= 15 is 0 Å². The van der Waals surface area contributed by atoms with Crippen molar-refractivity contribution in [3.05, 3.63) is 11.6 Å². The first-order chi connectivity index (χ1) is 4.31. The van der Waals surface area contributed by atoms with E-state index in [9.17, 15) is 0 Å². The molecule has 0 fully saturated rings. The van der Waals surface area contributed by atoms with Gasteiger partial charge >= 0.3 is 0 Å². The van der Waals surface area contributed by atoms with Crippen LogP contribution in [0.15, 0.2) is 11.6 Å². The van der Waals surface area contributed by atoms with E-state index in [1.54, 1.807) is 0 Å². The molecule has 0 atom stereocenters. The lowest BCUT2D eigenvalue weighted by Crippen LogP contribution is -1.80. The van der Waals surface area contributed by atoms with E-state index in [4.69, 9.17) is 5.11 Å². The Labute approximate surface area is 57.4 Å². The van der Waals surface area contributed by atoms with Gasteiger partial charge in [-0.15, -0.1) is 0 Å². The van der Waals surface area contributed by atoms with Gasteiger partial charge in [-0.3, -0.25) is 0 Å². The van der Waals surface area contributed by atoms with E-state index < -0.39 is 0 Å². The molecule has 0 aliphatic carbocycles. The van der Waals surface area contributed by atoms with Gasteiger partial charge < -0.3 is 5.11 Å². The monoisotopic (exact) mass is 128 g/mol. The molecule has 0 radical (unpaired) electrons. The third-order valence-corrected chi connectivity index (χ3v) is 1.36. The van der Waals surface area contributed by atoms with Gasteiger partial charge in [-0.1, -0.05) is 25.0 Å². The van der Waals surface area contributed by atoms with Crippen molar-refractivity contribution in [2.75, 3.05) is 6.61 Å². The number of hydrogen-bond donors (Lipinski definition) is 1. The molecule has 0 bridgehead atoms. The number of aliphatic hydroxyl groups excluding tert-OH is 1. The first-order valence-corrected chi connectivity index (χ1v) is 3.57. The summed E-state index contributed by atoms with van der Waals surface area (Å²) < 4.78 is 0. The normalized spacial score (nSPS) is 12.1. The number of rotatable bonds is 4. The fourth-order valence-corrected chi connectivity index (χ4v) is 0.714. The maximum absolute atomic E-state index is 8.46. The van der Waals surface area contributed by atoms with Crippen LogP contribution in [0.4, 0.5) is 0 Å². The molecule has 0 aromatic heterocycles. The lowest BCUT2D eigenvalue weighted by molar-refractivity contribution is 0.341. The summed E-state index contributed by atoms with van der Waals surface area (Å²) in [6.07, 6.45) is 5.48. The van der Waals surface area contributed by atoms with Gasteiger partial charge in [-0.25, -0.2) is 0 Å². The largest absolute Gasteiger partial charge is 0.392 e. The minimum atomic E-state index is 0.190. The summed E-state index contributed by atoms with van der Waals surface area (Å²) in [5.41, 5.74) is 1.30. The average molecular weight is 128 g/mol. The van der Waals surface area contributed by atoms with Gasteiger partial charge in [0.05, 0.1) is 6.61 Å². The predicted octanol–water partition coefficient (Wildman–Crippen LogP) is 2.12. The molecule has 0 aliphatic heterocycles. The van der Waals surface area contributed by atoms with Crippen molar-refractivity contribution in [2.24, 2.45) is 0 Å². The van der Waals surface area contributed by atoms with Crippen molar-refractivity contribution in [3.8, 4) is 0 Å². The quantitative estimate of drug-likeness (QED) is 0.575. The summed E-state index contributed by atoms with van der Waals surface area (Å²) in [6, 6.07) is 0. The van der Waals surface area contributed by atoms with Crippen molar-refractivity contribution < 1.29 is 5.11 Å². The molecule has 0 aromatic rings. The Kier molecular flexibility index (Phi) is 5.64. The van der Waals surface area contributed by atoms with Crippen molar-refractivity contribution in [1.82, 2.24) is 0 Å². The summed E-state index contributed by atoms with van der Waals surface area (Å²) >= 11 is 0. The molecule has 0 saturated carbocycles. The Bertz CT molecular complexity index is 84.6. The third-order valence-electron chi connectivity index (χ3n) is 1.36. The molecule has 0 saturated heterocycles. The fraction of sp³-hybridized carbons (Fsp3) is 0.750. The third kappa shape index (κ3) is 5.57. The fourth-order valence-electron chi connectivity index (χ4n) is 0.714. The molecule has 54 valence electrons. The minimum Gasteiger partial charge on any atom is -0.392 e. The Balaban J connectivity index is 3.25. The Hall–Kier alpha value is -0.300. The lowest BCUT2D eigenvalue weighted by Gasteiger charge is -1.96. The Morgan fingerprint density at radius 1 is 1.56 bits per heavy atom. The molecule has 1 nitrogen and oxygen atoms in total. The highest BCUT2D eigenvalue weighted by Gasteiger charge is 1.85. The summed E-state index contributed by atoms with van der Waals surface area (Å²) in [5.74, 6) is 0. The SMILES string of the molecule is CCCC/C(C)=C\CO. The predicted molar refractivity (Wildman–Crippen MR) is 40.4 cm³/mol. The number of allylic oxidation sites excluding steroid dienone is 1. The van der Waals surface area contributed by atoms with Crippen LogP contribution >= 0.6 is 0 Å². The van der Waals surface area contributed by atoms with E-state index in [2.05, 4.69) is 13.8 Å². The van der Waals surface area contributed by atoms with Crippen molar-refractivity contribution in [2.45, 2.75) is 33.1 Å². The molecular weight excluding hydrogens is 112 g/mol. The van der Waals surface area contributed by atoms with Crippen molar-refractivity contribution in [1.29, 1.82) is 0 Å². The highest BCUT2D eigenvalue weighted by atomic mass is 16.2. The molecular formula is C8H16O. The van der Waals surface area contributed by atoms with E-state index in [0.717, 1.165) is 6.42 Å². The van der Waals surface area contributed by atoms with Crippen LogP contribution < -0.4 is 0 Å². The maximum atomic E-state index is 8.46. The molecule has 0 unspecified atom stereocenters. The lowest BCUT2D eigenvalue weighted by atomic mass is 10.1. The van der Waals surface area contributed by atoms with Crippen molar-refractivity contribution >= 4 is 0 Å². The van der Waals surface area contributed by atoms with Gasteiger partial charge in [0.1, 0.15) is 0 Å². The highest BCUT2D eigenvalue weighted by Crippen LogP contribution is 2.04. The van der Waals surface area contributed by atoms with Crippen LogP contribution in [0.2, 0.25) is 0 Å². The smallest absolute Gasteiger partial charge is 0.0614 e. The first-order valence-electron chi connectivity index (χ1n) is 3.57. The summed E-state index contributed by atoms with van der Waals surface area (Å²) in [6.45, 7) is 4.42. The second kappa shape index (κ2) is 5.83. The van der Waals surface area contributed by atoms with E-state index in [0.29, 0.717) is 0 Å². The van der Waals surface area contributed by atoms with Crippen LogP contribution in [0.1, 0.15) is 33.1 Å². The number of aliphatic hydroxyl groups is 1. The molecule has 0 aliphatic rings. The zero-order chi connectivity index (χ0) is 7.11. The summed E-state index contributed by atoms with van der Waals surface area (Å²) in [4.78, 5) is 0. The zero-order valence-electron chi connectivity index (χ0n) is 6.35. The van der Waals surface area contributed by atoms with Gasteiger partial charge in [0.2, 0.25) is 0 Å². The molecule has 0 spiro atoms. The first kappa shape index (κ1) is 8.70. The minimum absolute atomic E-state index is 0.190. The Morgan fingerprint density at radius 2 is 2.22 bits per heavy atom. The zero-order valence-corrected chi connectivity index (χ0v) is 6.35. The van der Waals surface area contributed by atoms with Gasteiger partial charge in [0, 0.05) is 0 Å². The van der Waals surface area contributed by atoms with Gasteiger partial charge in [0.15, 0.2) is 0 Å². The average Bonchev–Trinajstić information content (AvgIpc) is 1.85. The van der Waals surface area contributed by atoms with E-state index in [-0.39, 0.29) is 6.61 Å². The molecule has 1 N–H and O–H groups in total. The van der Waals surface area contributed by atoms with Gasteiger partial charge in [-0.05, 0) is 19.8 Å². The molecule has 0 rings (SSSR count). The van der Waals surface area contributed by atoms with Crippen molar-refractivity contribution in [3.63, 3.8) is 0 Å². The van der Waals surface area contributed by atoms with Crippen LogP contribution in [-0.2, 0) is 0 Å². The Morgan fingerprint density at radius 3 is 2.67 bits per heavy atom. The number of unbranched alkanes of at least 4 members (excludes halogenated alkanes) is 1. The molecule has 0 aromatic carbocycles. The van der Waals surface area contributed by atoms with E-state index in [1.165, 1.54) is 18.4 Å². The second-order valence-corrected chi connectivity index (χ2v) is 2.34. The summed E-state index contributed by atoms with van der Waals surface area (Å²) in [7, 11) is 0.